The molecule has 1 aliphatic rings. The first kappa shape index (κ1) is 24.7. The number of nitrogens with zero attached hydrogens (tertiary/aromatic N) is 6. The van der Waals surface area contributed by atoms with Gasteiger partial charge in [0.2, 0.25) is 5.75 Å². The Morgan fingerprint density at radius 2 is 2.03 bits per heavy atom. The number of carbonyl (C=O) groups excluding carboxylic acids is 2. The SMILES string of the molecule is Nc1ncnc2c1ncn2CCNC(=O)c1nc([C@@H]2CCCN2C(=O)OCc2ccccc2)[nH]c(=O)c1O. The molecule has 0 spiro atoms. The number of aromatic nitrogens is 6. The van der Waals surface area contributed by atoms with Crippen molar-refractivity contribution in [3.8, 4) is 5.75 Å². The van der Waals surface area contributed by atoms with E-state index in [0.29, 0.717) is 37.1 Å². The van der Waals surface area contributed by atoms with Crippen molar-refractivity contribution in [1.29, 1.82) is 0 Å². The number of fused-ring (bicyclic) bond motifs is 1. The highest BCUT2D eigenvalue weighted by Gasteiger charge is 2.34. The van der Waals surface area contributed by atoms with E-state index in [9.17, 15) is 19.5 Å². The normalized spacial score (nSPS) is 15.1. The maximum absolute atomic E-state index is 12.8. The van der Waals surface area contributed by atoms with Crippen molar-refractivity contribution in [3.63, 3.8) is 0 Å². The van der Waals surface area contributed by atoms with E-state index in [-0.39, 0.29) is 24.8 Å². The lowest BCUT2D eigenvalue weighted by molar-refractivity contribution is 0.0906. The molecule has 14 heteroatoms. The molecule has 1 saturated heterocycles. The third-order valence-corrected chi connectivity index (χ3v) is 6.20. The number of hydrogen-bond donors (Lipinski definition) is 4. The summed E-state index contributed by atoms with van der Waals surface area (Å²) in [6.07, 6.45) is 3.44. The van der Waals surface area contributed by atoms with Crippen molar-refractivity contribution in [2.75, 3.05) is 18.8 Å². The van der Waals surface area contributed by atoms with E-state index < -0.39 is 35.0 Å². The van der Waals surface area contributed by atoms with Gasteiger partial charge in [-0.2, -0.15) is 0 Å². The van der Waals surface area contributed by atoms with Crippen LogP contribution in [0.1, 0.15) is 40.8 Å². The molecule has 1 fully saturated rings. The number of aromatic hydroxyl groups is 1. The summed E-state index contributed by atoms with van der Waals surface area (Å²) in [7, 11) is 0. The standard InChI is InChI=1S/C24H25N9O5/c25-19-17-21(28-12-27-19)32(13-29-17)10-8-26-22(35)16-18(34)23(36)31-20(30-16)15-7-4-9-33(15)24(37)38-11-14-5-2-1-3-6-14/h1-3,5-6,12-13,15,34H,4,7-11H2,(H,26,35)(H2,25,27,28)(H,30,31,36)/t15-/m0/s1. The topological polar surface area (TPSA) is 194 Å². The molecule has 1 aromatic carbocycles. The van der Waals surface area contributed by atoms with Crippen molar-refractivity contribution in [2.45, 2.75) is 32.0 Å². The number of ether oxygens (including phenoxy) is 1. The number of nitrogens with two attached hydrogens (primary N) is 1. The summed E-state index contributed by atoms with van der Waals surface area (Å²) in [5.74, 6) is -1.21. The molecule has 1 aliphatic heterocycles. The molecule has 5 N–H and O–H groups in total. The second-order valence-electron chi connectivity index (χ2n) is 8.66. The molecule has 5 rings (SSSR count). The van der Waals surface area contributed by atoms with E-state index >= 15 is 0 Å². The van der Waals surface area contributed by atoms with E-state index in [4.69, 9.17) is 10.5 Å². The molecule has 0 aliphatic carbocycles. The zero-order chi connectivity index (χ0) is 26.6. The molecule has 1 atom stereocenters. The van der Waals surface area contributed by atoms with Crippen LogP contribution in [0, 0.1) is 0 Å². The van der Waals surface area contributed by atoms with Crippen molar-refractivity contribution in [2.24, 2.45) is 0 Å². The van der Waals surface area contributed by atoms with Crippen LogP contribution in [0.2, 0.25) is 0 Å². The van der Waals surface area contributed by atoms with Crippen LogP contribution < -0.4 is 16.6 Å². The summed E-state index contributed by atoms with van der Waals surface area (Å²) in [5, 5.41) is 12.9. The van der Waals surface area contributed by atoms with E-state index in [0.717, 1.165) is 5.56 Å². The van der Waals surface area contributed by atoms with E-state index in [1.807, 2.05) is 30.3 Å². The van der Waals surface area contributed by atoms with Gasteiger partial charge in [0, 0.05) is 19.6 Å². The second kappa shape index (κ2) is 10.5. The fourth-order valence-electron chi connectivity index (χ4n) is 4.31. The Labute approximate surface area is 215 Å². The van der Waals surface area contributed by atoms with E-state index in [2.05, 4.69) is 30.2 Å². The van der Waals surface area contributed by atoms with Gasteiger partial charge in [-0.05, 0) is 18.4 Å². The van der Waals surface area contributed by atoms with Gasteiger partial charge in [0.25, 0.3) is 11.5 Å². The van der Waals surface area contributed by atoms with Gasteiger partial charge in [0.05, 0.1) is 12.4 Å². The zero-order valence-electron chi connectivity index (χ0n) is 20.2. The van der Waals surface area contributed by atoms with Crippen molar-refractivity contribution in [3.05, 3.63) is 70.4 Å². The third kappa shape index (κ3) is 4.96. The van der Waals surface area contributed by atoms with Gasteiger partial charge in [-0.1, -0.05) is 30.3 Å². The van der Waals surface area contributed by atoms with Crippen molar-refractivity contribution < 1.29 is 19.4 Å². The summed E-state index contributed by atoms with van der Waals surface area (Å²) < 4.78 is 7.12. The van der Waals surface area contributed by atoms with Gasteiger partial charge >= 0.3 is 6.09 Å². The van der Waals surface area contributed by atoms with Gasteiger partial charge in [-0.15, -0.1) is 0 Å². The maximum atomic E-state index is 12.8. The minimum Gasteiger partial charge on any atom is -0.501 e. The highest BCUT2D eigenvalue weighted by molar-refractivity contribution is 5.94. The number of H-pyrrole nitrogens is 1. The second-order valence-corrected chi connectivity index (χ2v) is 8.66. The van der Waals surface area contributed by atoms with Crippen LogP contribution in [0.4, 0.5) is 10.6 Å². The summed E-state index contributed by atoms with van der Waals surface area (Å²) in [4.78, 5) is 58.4. The summed E-state index contributed by atoms with van der Waals surface area (Å²) in [5.41, 5.74) is 6.27. The molecule has 2 amide bonds. The number of hydrogen-bond acceptors (Lipinski definition) is 10. The average molecular weight is 520 g/mol. The average Bonchev–Trinajstić information content (AvgIpc) is 3.58. The molecular weight excluding hydrogens is 494 g/mol. The minimum absolute atomic E-state index is 0.0971. The van der Waals surface area contributed by atoms with Crippen LogP contribution in [0.25, 0.3) is 11.2 Å². The van der Waals surface area contributed by atoms with Gasteiger partial charge in [0.1, 0.15) is 24.3 Å². The van der Waals surface area contributed by atoms with Gasteiger partial charge < -0.3 is 30.4 Å². The van der Waals surface area contributed by atoms with Crippen LogP contribution in [-0.4, -0.2) is 64.6 Å². The third-order valence-electron chi connectivity index (χ3n) is 6.20. The molecule has 38 heavy (non-hydrogen) atoms. The summed E-state index contributed by atoms with van der Waals surface area (Å²) >= 11 is 0. The number of anilines is 1. The molecule has 3 aromatic heterocycles. The summed E-state index contributed by atoms with van der Waals surface area (Å²) in [6.45, 7) is 0.913. The van der Waals surface area contributed by atoms with Gasteiger partial charge in [-0.3, -0.25) is 14.5 Å². The lowest BCUT2D eigenvalue weighted by Crippen LogP contribution is -2.34. The Morgan fingerprint density at radius 3 is 2.84 bits per heavy atom. The Bertz CT molecular complexity index is 1540. The number of nitrogen functional groups attached to an aromatic ring is 1. The number of imidazole rings is 1. The van der Waals surface area contributed by atoms with E-state index in [1.54, 1.807) is 4.57 Å². The largest absolute Gasteiger partial charge is 0.501 e. The lowest BCUT2D eigenvalue weighted by atomic mass is 10.2. The first-order chi connectivity index (χ1) is 18.4. The Kier molecular flexibility index (Phi) is 6.84. The number of nitrogens with one attached hydrogen (secondary N) is 2. The molecular formula is C24H25N9O5. The predicted octanol–water partition coefficient (Wildman–Crippen LogP) is 1.10. The Morgan fingerprint density at radius 1 is 1.21 bits per heavy atom. The quantitative estimate of drug-likeness (QED) is 0.275. The highest BCUT2D eigenvalue weighted by atomic mass is 16.6. The molecule has 0 unspecified atom stereocenters. The summed E-state index contributed by atoms with van der Waals surface area (Å²) in [6, 6.07) is 8.64. The molecule has 14 nitrogen and oxygen atoms in total. The first-order valence-corrected chi connectivity index (χ1v) is 11.9. The zero-order valence-corrected chi connectivity index (χ0v) is 20.2. The van der Waals surface area contributed by atoms with Gasteiger partial charge in [0.15, 0.2) is 17.2 Å². The van der Waals surface area contributed by atoms with Gasteiger partial charge in [-0.25, -0.2) is 24.7 Å². The van der Waals surface area contributed by atoms with Crippen molar-refractivity contribution in [1.82, 2.24) is 39.7 Å². The van der Waals surface area contributed by atoms with Crippen LogP contribution >= 0.6 is 0 Å². The molecule has 196 valence electrons. The fourth-order valence-corrected chi connectivity index (χ4v) is 4.31. The van der Waals surface area contributed by atoms with Crippen LogP contribution in [-0.2, 0) is 17.9 Å². The maximum Gasteiger partial charge on any atom is 0.410 e. The number of aromatic amines is 1. The number of carbonyl (C=O) groups is 2. The Balaban J connectivity index is 1.27. The van der Waals surface area contributed by atoms with Crippen molar-refractivity contribution >= 4 is 29.0 Å². The number of amides is 2. The van der Waals surface area contributed by atoms with Crippen LogP contribution in [0.5, 0.6) is 5.75 Å². The smallest absolute Gasteiger partial charge is 0.410 e. The molecule has 0 saturated carbocycles. The predicted molar refractivity (Wildman–Crippen MR) is 134 cm³/mol. The van der Waals surface area contributed by atoms with E-state index in [1.165, 1.54) is 17.6 Å². The number of rotatable bonds is 7. The van der Waals surface area contributed by atoms with Crippen LogP contribution in [0.3, 0.4) is 0 Å². The molecule has 0 radical (unpaired) electrons. The number of likely N-dealkylation sites (tertiary alicyclic amines) is 1. The Hall–Kier alpha value is -5.01. The fraction of sp³-hybridized carbons (Fsp3) is 0.292. The lowest BCUT2D eigenvalue weighted by Gasteiger charge is -2.23. The molecule has 4 aromatic rings. The number of benzene rings is 1. The molecule has 4 heterocycles. The molecule has 0 bridgehead atoms. The minimum atomic E-state index is -0.877. The van der Waals surface area contributed by atoms with Crippen LogP contribution in [0.15, 0.2) is 47.8 Å². The monoisotopic (exact) mass is 519 g/mol. The first-order valence-electron chi connectivity index (χ1n) is 11.9. The highest BCUT2D eigenvalue weighted by Crippen LogP contribution is 2.31.